The number of methoxy groups -OCH3 is 2. The maximum absolute atomic E-state index is 11.8. The number of nitrogens with zero attached hydrogens (tertiary/aromatic N) is 1. The molecule has 0 saturated carbocycles. The molecule has 0 spiro atoms. The summed E-state index contributed by atoms with van der Waals surface area (Å²) in [5.41, 5.74) is 6.67. The first-order valence-corrected chi connectivity index (χ1v) is 5.90. The molecule has 1 aromatic carbocycles. The van der Waals surface area contributed by atoms with Crippen LogP contribution in [0.5, 0.6) is 11.5 Å². The van der Waals surface area contributed by atoms with Crippen LogP contribution in [0.2, 0.25) is 0 Å². The van der Waals surface area contributed by atoms with Crippen LogP contribution in [0.1, 0.15) is 12.0 Å². The highest BCUT2D eigenvalue weighted by atomic mass is 16.5. The Bertz CT molecular complexity index is 426. The average Bonchev–Trinajstić information content (AvgIpc) is 2.70. The highest BCUT2D eigenvalue weighted by Gasteiger charge is 2.28. The molecule has 2 N–H and O–H groups in total. The van der Waals surface area contributed by atoms with E-state index in [1.54, 1.807) is 25.2 Å². The lowest BCUT2D eigenvalue weighted by Gasteiger charge is -2.17. The maximum Gasteiger partial charge on any atom is 0.239 e. The number of nitrogens with two attached hydrogens (primary N) is 1. The van der Waals surface area contributed by atoms with Gasteiger partial charge in [-0.2, -0.15) is 0 Å². The van der Waals surface area contributed by atoms with Crippen LogP contribution in [0.15, 0.2) is 18.2 Å². The summed E-state index contributed by atoms with van der Waals surface area (Å²) in [4.78, 5) is 13.5. The minimum absolute atomic E-state index is 0.0109. The molecule has 1 amide bonds. The highest BCUT2D eigenvalue weighted by Crippen LogP contribution is 2.24. The van der Waals surface area contributed by atoms with Crippen molar-refractivity contribution >= 4 is 5.91 Å². The number of hydrogen-bond acceptors (Lipinski definition) is 4. The SMILES string of the molecule is COc1cc(CN2CC[C@@H](N)C2=O)cc(OC)c1. The van der Waals surface area contributed by atoms with Crippen LogP contribution < -0.4 is 15.2 Å². The number of benzene rings is 1. The van der Waals surface area contributed by atoms with Gasteiger partial charge in [-0.3, -0.25) is 4.79 Å². The lowest BCUT2D eigenvalue weighted by molar-refractivity contribution is -0.129. The first-order chi connectivity index (χ1) is 8.63. The Morgan fingerprint density at radius 1 is 1.28 bits per heavy atom. The molecule has 1 heterocycles. The number of likely N-dealkylation sites (tertiary alicyclic amines) is 1. The Kier molecular flexibility index (Phi) is 3.72. The summed E-state index contributed by atoms with van der Waals surface area (Å²) in [6, 6.07) is 5.26. The van der Waals surface area contributed by atoms with E-state index in [0.29, 0.717) is 13.1 Å². The molecule has 0 bridgehead atoms. The van der Waals surface area contributed by atoms with Gasteiger partial charge in [0, 0.05) is 19.2 Å². The molecule has 1 atom stereocenters. The number of carbonyl (C=O) groups is 1. The van der Waals surface area contributed by atoms with E-state index >= 15 is 0 Å². The molecule has 1 aliphatic heterocycles. The Morgan fingerprint density at radius 3 is 2.33 bits per heavy atom. The zero-order valence-corrected chi connectivity index (χ0v) is 10.7. The van der Waals surface area contributed by atoms with Crippen molar-refractivity contribution in [1.82, 2.24) is 4.90 Å². The summed E-state index contributed by atoms with van der Waals surface area (Å²) in [5, 5.41) is 0. The first-order valence-electron chi connectivity index (χ1n) is 5.90. The molecule has 2 rings (SSSR count). The summed E-state index contributed by atoms with van der Waals surface area (Å²) < 4.78 is 10.4. The minimum Gasteiger partial charge on any atom is -0.497 e. The Hall–Kier alpha value is -1.75. The lowest BCUT2D eigenvalue weighted by atomic mass is 10.2. The van der Waals surface area contributed by atoms with Crippen LogP contribution in [0.4, 0.5) is 0 Å². The van der Waals surface area contributed by atoms with Gasteiger partial charge in [0.2, 0.25) is 5.91 Å². The van der Waals surface area contributed by atoms with Crippen molar-refractivity contribution in [2.45, 2.75) is 19.0 Å². The van der Waals surface area contributed by atoms with Crippen molar-refractivity contribution in [3.05, 3.63) is 23.8 Å². The van der Waals surface area contributed by atoms with E-state index < -0.39 is 0 Å². The smallest absolute Gasteiger partial charge is 0.239 e. The normalized spacial score (nSPS) is 19.2. The second kappa shape index (κ2) is 5.27. The third-order valence-electron chi connectivity index (χ3n) is 3.12. The number of amides is 1. The Morgan fingerprint density at radius 2 is 1.89 bits per heavy atom. The lowest BCUT2D eigenvalue weighted by Crippen LogP contribution is -2.33. The van der Waals surface area contributed by atoms with E-state index in [1.165, 1.54) is 0 Å². The topological polar surface area (TPSA) is 64.8 Å². The second-order valence-corrected chi connectivity index (χ2v) is 4.38. The zero-order valence-electron chi connectivity index (χ0n) is 10.7. The molecular weight excluding hydrogens is 232 g/mol. The molecule has 0 aromatic heterocycles. The second-order valence-electron chi connectivity index (χ2n) is 4.38. The van der Waals surface area contributed by atoms with Crippen LogP contribution in [-0.4, -0.2) is 37.6 Å². The molecule has 98 valence electrons. The first kappa shape index (κ1) is 12.7. The molecular formula is C13H18N2O3. The Balaban J connectivity index is 2.16. The monoisotopic (exact) mass is 250 g/mol. The summed E-state index contributed by atoms with van der Waals surface area (Å²) in [7, 11) is 3.21. The fraction of sp³-hybridized carbons (Fsp3) is 0.462. The van der Waals surface area contributed by atoms with Crippen LogP contribution in [0.25, 0.3) is 0 Å². The van der Waals surface area contributed by atoms with Gasteiger partial charge in [0.25, 0.3) is 0 Å². The molecule has 0 unspecified atom stereocenters. The van der Waals surface area contributed by atoms with Gasteiger partial charge in [0.1, 0.15) is 11.5 Å². The van der Waals surface area contributed by atoms with Crippen molar-refractivity contribution in [2.24, 2.45) is 5.73 Å². The highest BCUT2D eigenvalue weighted by molar-refractivity contribution is 5.83. The van der Waals surface area contributed by atoms with E-state index in [0.717, 1.165) is 23.5 Å². The van der Waals surface area contributed by atoms with Gasteiger partial charge in [0.05, 0.1) is 20.3 Å². The molecule has 0 aliphatic carbocycles. The number of carbonyl (C=O) groups excluding carboxylic acids is 1. The van der Waals surface area contributed by atoms with Crippen LogP contribution >= 0.6 is 0 Å². The molecule has 0 radical (unpaired) electrons. The van der Waals surface area contributed by atoms with Crippen molar-refractivity contribution < 1.29 is 14.3 Å². The van der Waals surface area contributed by atoms with Gasteiger partial charge >= 0.3 is 0 Å². The third-order valence-corrected chi connectivity index (χ3v) is 3.12. The van der Waals surface area contributed by atoms with E-state index in [9.17, 15) is 4.79 Å². The van der Waals surface area contributed by atoms with Crippen LogP contribution in [0, 0.1) is 0 Å². The van der Waals surface area contributed by atoms with E-state index in [-0.39, 0.29) is 11.9 Å². The molecule has 1 aliphatic rings. The van der Waals surface area contributed by atoms with Gasteiger partial charge in [-0.15, -0.1) is 0 Å². The maximum atomic E-state index is 11.8. The standard InChI is InChI=1S/C13H18N2O3/c1-17-10-5-9(6-11(7-10)18-2)8-15-4-3-12(14)13(15)16/h5-7,12H,3-4,8,14H2,1-2H3/t12-/m1/s1. The molecule has 18 heavy (non-hydrogen) atoms. The van der Waals surface area contributed by atoms with Gasteiger partial charge in [-0.25, -0.2) is 0 Å². The number of hydrogen-bond donors (Lipinski definition) is 1. The van der Waals surface area contributed by atoms with E-state index in [4.69, 9.17) is 15.2 Å². The predicted octanol–water partition coefficient (Wildman–Crippen LogP) is 0.763. The largest absolute Gasteiger partial charge is 0.497 e. The predicted molar refractivity (Wildman–Crippen MR) is 67.6 cm³/mol. The van der Waals surface area contributed by atoms with Gasteiger partial charge in [-0.05, 0) is 24.1 Å². The van der Waals surface area contributed by atoms with Crippen molar-refractivity contribution in [1.29, 1.82) is 0 Å². The fourth-order valence-electron chi connectivity index (χ4n) is 2.10. The van der Waals surface area contributed by atoms with E-state index in [2.05, 4.69) is 0 Å². The molecule has 5 heteroatoms. The van der Waals surface area contributed by atoms with Gasteiger partial charge in [0.15, 0.2) is 0 Å². The number of rotatable bonds is 4. The molecule has 1 fully saturated rings. The van der Waals surface area contributed by atoms with Gasteiger partial charge < -0.3 is 20.1 Å². The molecule has 5 nitrogen and oxygen atoms in total. The Labute approximate surface area is 106 Å². The summed E-state index contributed by atoms with van der Waals surface area (Å²) in [6.45, 7) is 1.25. The third kappa shape index (κ3) is 2.56. The quantitative estimate of drug-likeness (QED) is 0.857. The van der Waals surface area contributed by atoms with Crippen molar-refractivity contribution in [3.8, 4) is 11.5 Å². The number of ether oxygens (including phenoxy) is 2. The summed E-state index contributed by atoms with van der Waals surface area (Å²) in [5.74, 6) is 1.46. The molecule has 1 saturated heterocycles. The summed E-state index contributed by atoms with van der Waals surface area (Å²) in [6.07, 6.45) is 0.722. The van der Waals surface area contributed by atoms with Gasteiger partial charge in [-0.1, -0.05) is 0 Å². The van der Waals surface area contributed by atoms with Crippen molar-refractivity contribution in [3.63, 3.8) is 0 Å². The van der Waals surface area contributed by atoms with Crippen LogP contribution in [0.3, 0.4) is 0 Å². The molecule has 1 aromatic rings. The summed E-state index contributed by atoms with van der Waals surface area (Å²) >= 11 is 0. The van der Waals surface area contributed by atoms with E-state index in [1.807, 2.05) is 12.1 Å². The average molecular weight is 250 g/mol. The zero-order chi connectivity index (χ0) is 13.1. The fourth-order valence-corrected chi connectivity index (χ4v) is 2.10. The van der Waals surface area contributed by atoms with Crippen LogP contribution in [-0.2, 0) is 11.3 Å². The minimum atomic E-state index is -0.350. The van der Waals surface area contributed by atoms with Crippen molar-refractivity contribution in [2.75, 3.05) is 20.8 Å².